The zero-order valence-corrected chi connectivity index (χ0v) is 16.6. The highest BCUT2D eigenvalue weighted by atomic mass is 79.9. The van der Waals surface area contributed by atoms with Crippen LogP contribution in [0, 0.1) is 0 Å². The van der Waals surface area contributed by atoms with Gasteiger partial charge in [-0.2, -0.15) is 4.98 Å². The molecular formula is C19H15BrClN5O. The summed E-state index contributed by atoms with van der Waals surface area (Å²) in [5.41, 5.74) is 8.51. The minimum atomic E-state index is -0.501. The molecule has 136 valence electrons. The summed E-state index contributed by atoms with van der Waals surface area (Å²) in [6, 6.07) is 14.5. The molecule has 1 unspecified atom stereocenters. The van der Waals surface area contributed by atoms with Gasteiger partial charge in [0.25, 0.3) is 0 Å². The highest BCUT2D eigenvalue weighted by molar-refractivity contribution is 9.10. The van der Waals surface area contributed by atoms with Crippen LogP contribution < -0.4 is 11.1 Å². The Morgan fingerprint density at radius 1 is 1.26 bits per heavy atom. The lowest BCUT2D eigenvalue weighted by Gasteiger charge is -2.27. The second kappa shape index (κ2) is 6.83. The molecule has 4 rings (SSSR count). The molecule has 0 bridgehead atoms. The number of carbonyl (C=O) groups excluding carboxylic acids is 1. The Bertz CT molecular complexity index is 1070. The molecular weight excluding hydrogens is 430 g/mol. The number of rotatable bonds is 3. The van der Waals surface area contributed by atoms with Gasteiger partial charge >= 0.3 is 0 Å². The van der Waals surface area contributed by atoms with E-state index in [1.807, 2.05) is 43.3 Å². The molecule has 8 heteroatoms. The predicted molar refractivity (Wildman–Crippen MR) is 108 cm³/mol. The van der Waals surface area contributed by atoms with Crippen molar-refractivity contribution >= 4 is 39.4 Å². The molecule has 6 nitrogen and oxygen atoms in total. The third-order valence-corrected chi connectivity index (χ3v) is 5.13. The number of fused-ring (bicyclic) bond motifs is 1. The molecule has 1 amide bonds. The number of primary amides is 1. The van der Waals surface area contributed by atoms with Gasteiger partial charge in [-0.25, -0.2) is 4.68 Å². The highest BCUT2D eigenvalue weighted by Crippen LogP contribution is 2.36. The number of halogens is 2. The molecule has 1 atom stereocenters. The lowest BCUT2D eigenvalue weighted by atomic mass is 9.95. The van der Waals surface area contributed by atoms with Gasteiger partial charge in [0.2, 0.25) is 11.9 Å². The number of benzene rings is 2. The number of nitrogens with zero attached hydrogens (tertiary/aromatic N) is 3. The molecule has 3 N–H and O–H groups in total. The van der Waals surface area contributed by atoms with Crippen LogP contribution >= 0.6 is 27.5 Å². The van der Waals surface area contributed by atoms with Gasteiger partial charge < -0.3 is 11.1 Å². The van der Waals surface area contributed by atoms with Crippen molar-refractivity contribution in [2.75, 3.05) is 5.32 Å². The summed E-state index contributed by atoms with van der Waals surface area (Å²) in [7, 11) is 0. The smallest absolute Gasteiger partial charge is 0.248 e. The van der Waals surface area contributed by atoms with E-state index in [-0.39, 0.29) is 0 Å². The van der Waals surface area contributed by atoms with Gasteiger partial charge in [0.15, 0.2) is 5.82 Å². The van der Waals surface area contributed by atoms with Crippen molar-refractivity contribution in [1.29, 1.82) is 0 Å². The molecule has 0 fully saturated rings. The zero-order valence-electron chi connectivity index (χ0n) is 14.3. The molecule has 1 aliphatic rings. The van der Waals surface area contributed by atoms with Crippen LogP contribution in [0.1, 0.15) is 18.5 Å². The van der Waals surface area contributed by atoms with Crippen LogP contribution in [-0.2, 0) is 4.79 Å². The van der Waals surface area contributed by atoms with Gasteiger partial charge in [-0.3, -0.25) is 4.79 Å². The number of hydrogen-bond donors (Lipinski definition) is 2. The van der Waals surface area contributed by atoms with Crippen LogP contribution in [0.15, 0.2) is 64.3 Å². The van der Waals surface area contributed by atoms with E-state index in [1.54, 1.807) is 16.8 Å². The summed E-state index contributed by atoms with van der Waals surface area (Å²) in [5.74, 6) is 0.583. The number of hydrogen-bond acceptors (Lipinski definition) is 4. The predicted octanol–water partition coefficient (Wildman–Crippen LogP) is 4.14. The molecule has 0 spiro atoms. The van der Waals surface area contributed by atoms with Crippen molar-refractivity contribution in [3.63, 3.8) is 0 Å². The molecule has 0 saturated heterocycles. The summed E-state index contributed by atoms with van der Waals surface area (Å²) in [6.45, 7) is 1.81. The SMILES string of the molecule is CC1=C(C(N)=O)C(c2cccc(Br)c2)n2nc(-c3ccc(Cl)cc3)nc2N1. The third-order valence-electron chi connectivity index (χ3n) is 4.38. The van der Waals surface area contributed by atoms with E-state index < -0.39 is 11.9 Å². The number of nitrogens with one attached hydrogen (secondary N) is 1. The monoisotopic (exact) mass is 443 g/mol. The van der Waals surface area contributed by atoms with E-state index in [0.717, 1.165) is 15.6 Å². The fourth-order valence-corrected chi connectivity index (χ4v) is 3.72. The van der Waals surface area contributed by atoms with Crippen molar-refractivity contribution in [1.82, 2.24) is 14.8 Å². The van der Waals surface area contributed by atoms with Gasteiger partial charge in [0.1, 0.15) is 6.04 Å². The van der Waals surface area contributed by atoms with Crippen LogP contribution in [0.25, 0.3) is 11.4 Å². The van der Waals surface area contributed by atoms with Crippen LogP contribution in [-0.4, -0.2) is 20.7 Å². The highest BCUT2D eigenvalue weighted by Gasteiger charge is 2.33. The van der Waals surface area contributed by atoms with Crippen LogP contribution in [0.3, 0.4) is 0 Å². The van der Waals surface area contributed by atoms with Gasteiger partial charge in [-0.1, -0.05) is 39.7 Å². The van der Waals surface area contributed by atoms with E-state index in [0.29, 0.717) is 28.1 Å². The molecule has 2 heterocycles. The van der Waals surface area contributed by atoms with Gasteiger partial charge in [0.05, 0.1) is 5.57 Å². The van der Waals surface area contributed by atoms with Crippen LogP contribution in [0.4, 0.5) is 5.95 Å². The first kappa shape index (κ1) is 17.8. The quantitative estimate of drug-likeness (QED) is 0.636. The fraction of sp³-hybridized carbons (Fsp3) is 0.105. The summed E-state index contributed by atoms with van der Waals surface area (Å²) >= 11 is 9.45. The summed E-state index contributed by atoms with van der Waals surface area (Å²) in [4.78, 5) is 16.8. The van der Waals surface area contributed by atoms with Crippen molar-refractivity contribution in [3.05, 3.63) is 74.9 Å². The average Bonchev–Trinajstić information content (AvgIpc) is 3.04. The number of aromatic nitrogens is 3. The third kappa shape index (κ3) is 3.24. The zero-order chi connectivity index (χ0) is 19.1. The normalized spacial score (nSPS) is 16.0. The van der Waals surface area contributed by atoms with E-state index >= 15 is 0 Å². The van der Waals surface area contributed by atoms with Crippen molar-refractivity contribution in [3.8, 4) is 11.4 Å². The molecule has 3 aromatic rings. The Labute approximate surface area is 169 Å². The van der Waals surface area contributed by atoms with Gasteiger partial charge in [-0.15, -0.1) is 5.10 Å². The lowest BCUT2D eigenvalue weighted by molar-refractivity contribution is -0.115. The largest absolute Gasteiger partial charge is 0.366 e. The maximum absolute atomic E-state index is 12.2. The van der Waals surface area contributed by atoms with E-state index in [1.165, 1.54) is 0 Å². The fourth-order valence-electron chi connectivity index (χ4n) is 3.18. The molecule has 1 aliphatic heterocycles. The average molecular weight is 445 g/mol. The van der Waals surface area contributed by atoms with Crippen molar-refractivity contribution < 1.29 is 4.79 Å². The van der Waals surface area contributed by atoms with Gasteiger partial charge in [0, 0.05) is 20.8 Å². The first-order chi connectivity index (χ1) is 12.9. The lowest BCUT2D eigenvalue weighted by Crippen LogP contribution is -2.31. The topological polar surface area (TPSA) is 85.8 Å². The second-order valence-corrected chi connectivity index (χ2v) is 7.55. The van der Waals surface area contributed by atoms with Crippen molar-refractivity contribution in [2.45, 2.75) is 13.0 Å². The molecule has 27 heavy (non-hydrogen) atoms. The molecule has 1 aromatic heterocycles. The number of carbonyl (C=O) groups is 1. The molecule has 0 aliphatic carbocycles. The minimum absolute atomic E-state index is 0.452. The van der Waals surface area contributed by atoms with Crippen molar-refractivity contribution in [2.24, 2.45) is 5.73 Å². The van der Waals surface area contributed by atoms with E-state index in [2.05, 4.69) is 31.3 Å². The Morgan fingerprint density at radius 3 is 2.67 bits per heavy atom. The summed E-state index contributed by atoms with van der Waals surface area (Å²) in [6.07, 6.45) is 0. The van der Waals surface area contributed by atoms with Crippen LogP contribution in [0.5, 0.6) is 0 Å². The minimum Gasteiger partial charge on any atom is -0.366 e. The number of allylic oxidation sites excluding steroid dienone is 1. The first-order valence-electron chi connectivity index (χ1n) is 8.19. The van der Waals surface area contributed by atoms with Crippen LogP contribution in [0.2, 0.25) is 5.02 Å². The Morgan fingerprint density at radius 2 is 2.00 bits per heavy atom. The number of nitrogens with two attached hydrogens (primary N) is 1. The standard InChI is InChI=1S/C19H15BrClN5O/c1-10-15(17(22)27)16(12-3-2-4-13(20)9-12)26-19(23-10)24-18(25-26)11-5-7-14(21)8-6-11/h2-9,16H,1H3,(H2,22,27)(H,23,24,25). The molecule has 0 saturated carbocycles. The van der Waals surface area contributed by atoms with E-state index in [9.17, 15) is 4.79 Å². The Kier molecular flexibility index (Phi) is 4.49. The van der Waals surface area contributed by atoms with Gasteiger partial charge in [-0.05, 0) is 48.9 Å². The maximum Gasteiger partial charge on any atom is 0.248 e. The first-order valence-corrected chi connectivity index (χ1v) is 9.36. The maximum atomic E-state index is 12.2. The molecule has 0 radical (unpaired) electrons. The number of amides is 1. The number of anilines is 1. The summed E-state index contributed by atoms with van der Waals surface area (Å²) < 4.78 is 2.60. The second-order valence-electron chi connectivity index (χ2n) is 6.20. The van der Waals surface area contributed by atoms with E-state index in [4.69, 9.17) is 17.3 Å². The summed E-state index contributed by atoms with van der Waals surface area (Å²) in [5, 5.41) is 8.43. The Balaban J connectivity index is 1.88. The Hall–Kier alpha value is -2.64. The molecule has 2 aromatic carbocycles.